The molecule has 4 rings (SSSR count). The van der Waals surface area contributed by atoms with Crippen molar-refractivity contribution in [2.75, 3.05) is 38.1 Å². The Kier molecular flexibility index (Phi) is 4.35. The van der Waals surface area contributed by atoms with Gasteiger partial charge in [-0.25, -0.2) is 4.79 Å². The number of imidazole rings is 1. The van der Waals surface area contributed by atoms with E-state index < -0.39 is 11.2 Å². The van der Waals surface area contributed by atoms with Crippen LogP contribution in [0, 0.1) is 0 Å². The Morgan fingerprint density at radius 2 is 1.70 bits per heavy atom. The van der Waals surface area contributed by atoms with Gasteiger partial charge in [0, 0.05) is 33.2 Å². The van der Waals surface area contributed by atoms with E-state index in [4.69, 9.17) is 4.98 Å². The molecule has 0 aliphatic carbocycles. The van der Waals surface area contributed by atoms with Crippen LogP contribution in [0.25, 0.3) is 11.2 Å². The second-order valence-corrected chi connectivity index (χ2v) is 7.15. The standard InChI is InChI=1S/C19H24N6O2/c1-13(14-7-5-4-6-8-14)25-15-16(23(3)19(27)21-17(15)26)20-18(25)24-11-9-22(2)10-12-24/h4-8,13H,9-12H2,1-3H3,(H,21,26,27)/t13-/m0/s1. The van der Waals surface area contributed by atoms with Gasteiger partial charge in [-0.2, -0.15) is 4.98 Å². The monoisotopic (exact) mass is 368 g/mol. The molecule has 0 unspecified atom stereocenters. The Balaban J connectivity index is 1.96. The molecule has 0 amide bonds. The highest BCUT2D eigenvalue weighted by Gasteiger charge is 2.26. The van der Waals surface area contributed by atoms with E-state index in [1.165, 1.54) is 4.57 Å². The lowest BCUT2D eigenvalue weighted by Gasteiger charge is -2.34. The molecule has 3 aromatic rings. The van der Waals surface area contributed by atoms with Crippen LogP contribution in [0.1, 0.15) is 18.5 Å². The highest BCUT2D eigenvalue weighted by atomic mass is 16.2. The first-order valence-electron chi connectivity index (χ1n) is 9.17. The third kappa shape index (κ3) is 2.95. The van der Waals surface area contributed by atoms with Crippen molar-refractivity contribution in [1.29, 1.82) is 0 Å². The van der Waals surface area contributed by atoms with Crippen LogP contribution in [0.4, 0.5) is 5.95 Å². The molecule has 1 aromatic carbocycles. The highest BCUT2D eigenvalue weighted by molar-refractivity contribution is 5.75. The van der Waals surface area contributed by atoms with Gasteiger partial charge in [0.05, 0.1) is 6.04 Å². The Morgan fingerprint density at radius 1 is 1.04 bits per heavy atom. The normalized spacial score (nSPS) is 16.8. The first-order chi connectivity index (χ1) is 13.0. The van der Waals surface area contributed by atoms with E-state index in [9.17, 15) is 9.59 Å². The molecule has 27 heavy (non-hydrogen) atoms. The summed E-state index contributed by atoms with van der Waals surface area (Å²) in [5, 5.41) is 0. The molecule has 3 heterocycles. The van der Waals surface area contributed by atoms with Crippen molar-refractivity contribution in [3.05, 3.63) is 56.7 Å². The summed E-state index contributed by atoms with van der Waals surface area (Å²) in [7, 11) is 3.74. The zero-order valence-electron chi connectivity index (χ0n) is 15.8. The molecule has 142 valence electrons. The molecule has 1 aliphatic rings. The summed E-state index contributed by atoms with van der Waals surface area (Å²) in [4.78, 5) is 36.4. The van der Waals surface area contributed by atoms with Crippen LogP contribution < -0.4 is 16.1 Å². The summed E-state index contributed by atoms with van der Waals surface area (Å²) < 4.78 is 3.37. The lowest BCUT2D eigenvalue weighted by molar-refractivity contribution is 0.310. The molecule has 8 heteroatoms. The molecule has 0 bridgehead atoms. The molecule has 1 N–H and O–H groups in total. The Bertz CT molecular complexity index is 1070. The van der Waals surface area contributed by atoms with Crippen molar-refractivity contribution < 1.29 is 0 Å². The van der Waals surface area contributed by atoms with Crippen LogP contribution in [0.15, 0.2) is 39.9 Å². The molecular weight excluding hydrogens is 344 g/mol. The SMILES string of the molecule is C[C@@H](c1ccccc1)n1c(N2CCN(C)CC2)nc2c1c(=O)[nH]c(=O)n2C. The van der Waals surface area contributed by atoms with Crippen LogP contribution in [0.2, 0.25) is 0 Å². The number of H-pyrrole nitrogens is 1. The summed E-state index contributed by atoms with van der Waals surface area (Å²) in [6.07, 6.45) is 0. The number of likely N-dealkylation sites (N-methyl/N-ethyl adjacent to an activating group) is 1. The zero-order valence-corrected chi connectivity index (χ0v) is 15.8. The molecule has 2 aromatic heterocycles. The maximum absolute atomic E-state index is 12.7. The van der Waals surface area contributed by atoms with Gasteiger partial charge in [-0.1, -0.05) is 30.3 Å². The van der Waals surface area contributed by atoms with E-state index in [1.807, 2.05) is 34.9 Å². The Morgan fingerprint density at radius 3 is 2.37 bits per heavy atom. The fourth-order valence-corrected chi connectivity index (χ4v) is 3.67. The maximum Gasteiger partial charge on any atom is 0.329 e. The lowest BCUT2D eigenvalue weighted by Crippen LogP contribution is -2.45. The molecule has 1 saturated heterocycles. The number of hydrogen-bond donors (Lipinski definition) is 1. The fraction of sp³-hybridized carbons (Fsp3) is 0.421. The Labute approximate surface area is 156 Å². The number of aryl methyl sites for hydroxylation is 1. The minimum atomic E-state index is -0.450. The van der Waals surface area contributed by atoms with Gasteiger partial charge in [0.15, 0.2) is 11.2 Å². The van der Waals surface area contributed by atoms with Crippen LogP contribution in [0.5, 0.6) is 0 Å². The van der Waals surface area contributed by atoms with Crippen molar-refractivity contribution in [1.82, 2.24) is 24.0 Å². The fourth-order valence-electron chi connectivity index (χ4n) is 3.67. The molecule has 0 radical (unpaired) electrons. The number of rotatable bonds is 3. The van der Waals surface area contributed by atoms with Gasteiger partial charge >= 0.3 is 5.69 Å². The Hall–Kier alpha value is -2.87. The van der Waals surface area contributed by atoms with Gasteiger partial charge in [0.25, 0.3) is 5.56 Å². The summed E-state index contributed by atoms with van der Waals surface area (Å²) >= 11 is 0. The third-order valence-corrected chi connectivity index (χ3v) is 5.39. The summed E-state index contributed by atoms with van der Waals surface area (Å²) in [6.45, 7) is 5.57. The van der Waals surface area contributed by atoms with Crippen LogP contribution >= 0.6 is 0 Å². The van der Waals surface area contributed by atoms with E-state index in [1.54, 1.807) is 7.05 Å². The van der Waals surface area contributed by atoms with Crippen LogP contribution in [-0.4, -0.2) is 57.2 Å². The second-order valence-electron chi connectivity index (χ2n) is 7.15. The van der Waals surface area contributed by atoms with E-state index in [0.717, 1.165) is 37.7 Å². The minimum absolute atomic E-state index is 0.0931. The topological polar surface area (TPSA) is 79.2 Å². The largest absolute Gasteiger partial charge is 0.340 e. The lowest BCUT2D eigenvalue weighted by atomic mass is 10.1. The summed E-state index contributed by atoms with van der Waals surface area (Å²) in [5.74, 6) is 0.737. The van der Waals surface area contributed by atoms with Gasteiger partial charge in [-0.05, 0) is 19.5 Å². The second kappa shape index (κ2) is 6.70. The van der Waals surface area contributed by atoms with Gasteiger partial charge in [-0.15, -0.1) is 0 Å². The van der Waals surface area contributed by atoms with E-state index in [2.05, 4.69) is 28.8 Å². The molecule has 0 spiro atoms. The highest BCUT2D eigenvalue weighted by Crippen LogP contribution is 2.29. The number of piperazine rings is 1. The smallest absolute Gasteiger partial charge is 0.329 e. The van der Waals surface area contributed by atoms with Crippen molar-refractivity contribution in [3.8, 4) is 0 Å². The first-order valence-corrected chi connectivity index (χ1v) is 9.17. The van der Waals surface area contributed by atoms with Crippen molar-refractivity contribution >= 4 is 17.1 Å². The molecule has 8 nitrogen and oxygen atoms in total. The van der Waals surface area contributed by atoms with Crippen molar-refractivity contribution in [3.63, 3.8) is 0 Å². The van der Waals surface area contributed by atoms with Crippen molar-refractivity contribution in [2.45, 2.75) is 13.0 Å². The number of hydrogen-bond acceptors (Lipinski definition) is 5. The molecule has 1 fully saturated rings. The average Bonchev–Trinajstić information content (AvgIpc) is 3.08. The summed E-state index contributed by atoms with van der Waals surface area (Å²) in [5.41, 5.74) is 1.08. The number of fused-ring (bicyclic) bond motifs is 1. The predicted octanol–water partition coefficient (Wildman–Crippen LogP) is 0.784. The van der Waals surface area contributed by atoms with Gasteiger partial charge in [0.2, 0.25) is 5.95 Å². The van der Waals surface area contributed by atoms with Gasteiger partial charge < -0.3 is 9.80 Å². The number of aromatic nitrogens is 4. The molecule has 0 saturated carbocycles. The van der Waals surface area contributed by atoms with E-state index in [0.29, 0.717) is 11.2 Å². The number of anilines is 1. The van der Waals surface area contributed by atoms with Gasteiger partial charge in [-0.3, -0.25) is 18.9 Å². The predicted molar refractivity (Wildman–Crippen MR) is 106 cm³/mol. The zero-order chi connectivity index (χ0) is 19.1. The first kappa shape index (κ1) is 17.5. The van der Waals surface area contributed by atoms with Crippen molar-refractivity contribution in [2.24, 2.45) is 7.05 Å². The number of aromatic amines is 1. The summed E-state index contributed by atoms with van der Waals surface area (Å²) in [6, 6.07) is 9.94. The average molecular weight is 368 g/mol. The number of nitrogens with one attached hydrogen (secondary N) is 1. The maximum atomic E-state index is 12.7. The minimum Gasteiger partial charge on any atom is -0.340 e. The quantitative estimate of drug-likeness (QED) is 0.739. The number of benzene rings is 1. The molecule has 1 atom stereocenters. The molecule has 1 aliphatic heterocycles. The number of nitrogens with zero attached hydrogens (tertiary/aromatic N) is 5. The molecular formula is C19H24N6O2. The van der Waals surface area contributed by atoms with Crippen LogP contribution in [0.3, 0.4) is 0 Å². The van der Waals surface area contributed by atoms with Gasteiger partial charge in [0.1, 0.15) is 0 Å². The third-order valence-electron chi connectivity index (χ3n) is 5.39. The van der Waals surface area contributed by atoms with Crippen LogP contribution in [-0.2, 0) is 7.05 Å². The van der Waals surface area contributed by atoms with E-state index in [-0.39, 0.29) is 6.04 Å². The van der Waals surface area contributed by atoms with E-state index >= 15 is 0 Å².